The van der Waals surface area contributed by atoms with Crippen LogP contribution in [0.5, 0.6) is 5.75 Å². The largest absolute Gasteiger partial charge is 0.497 e. The Balaban J connectivity index is 1.30. The highest BCUT2D eigenvalue weighted by molar-refractivity contribution is 7.13. The Bertz CT molecular complexity index is 939. The van der Waals surface area contributed by atoms with E-state index in [1.807, 2.05) is 41.5 Å². The molecule has 1 aliphatic heterocycles. The summed E-state index contributed by atoms with van der Waals surface area (Å²) in [7, 11) is 1.69. The summed E-state index contributed by atoms with van der Waals surface area (Å²) in [6, 6.07) is 12.2. The summed E-state index contributed by atoms with van der Waals surface area (Å²) in [6.07, 6.45) is 3.44. The van der Waals surface area contributed by atoms with Crippen LogP contribution in [0.15, 0.2) is 46.2 Å². The number of carbonyl (C=O) groups is 1. The summed E-state index contributed by atoms with van der Waals surface area (Å²) in [6.45, 7) is 3.51. The Hall–Kier alpha value is -2.60. The number of benzene rings is 1. The highest BCUT2D eigenvalue weighted by Gasteiger charge is 2.25. The van der Waals surface area contributed by atoms with E-state index in [-0.39, 0.29) is 5.91 Å². The molecule has 0 saturated carbocycles. The number of amides is 1. The molecule has 0 radical (unpaired) electrons. The molecular formula is C23H26N2O3S. The first-order chi connectivity index (χ1) is 14.1. The van der Waals surface area contributed by atoms with Gasteiger partial charge >= 0.3 is 0 Å². The second kappa shape index (κ2) is 8.82. The number of piperidine rings is 1. The van der Waals surface area contributed by atoms with Crippen LogP contribution >= 0.6 is 11.3 Å². The van der Waals surface area contributed by atoms with E-state index in [1.165, 1.54) is 5.56 Å². The maximum absolute atomic E-state index is 12.8. The summed E-state index contributed by atoms with van der Waals surface area (Å²) in [4.78, 5) is 20.3. The number of aryl methyl sites for hydroxylation is 1. The minimum atomic E-state index is 0.141. The zero-order chi connectivity index (χ0) is 20.2. The molecule has 3 aromatic rings. The molecule has 5 nitrogen and oxygen atoms in total. The van der Waals surface area contributed by atoms with Crippen molar-refractivity contribution in [3.63, 3.8) is 0 Å². The number of aromatic nitrogens is 1. The van der Waals surface area contributed by atoms with Crippen molar-refractivity contribution in [2.45, 2.75) is 32.6 Å². The standard InChI is InChI=1S/C23H26N2O3S/c1-16-20(24-23(28-16)21-4-3-13-29-21)15-22(26)25-11-9-18(10-12-25)14-17-5-7-19(27-2)8-6-17/h3-8,13,18H,9-12,14-15H2,1-2H3. The van der Waals surface area contributed by atoms with Gasteiger partial charge in [-0.15, -0.1) is 11.3 Å². The minimum absolute atomic E-state index is 0.141. The fourth-order valence-electron chi connectivity index (χ4n) is 3.83. The van der Waals surface area contributed by atoms with Crippen LogP contribution in [0.4, 0.5) is 0 Å². The third-order valence-electron chi connectivity index (χ3n) is 5.59. The topological polar surface area (TPSA) is 55.6 Å². The van der Waals surface area contributed by atoms with Gasteiger partial charge in [0.2, 0.25) is 11.8 Å². The molecule has 0 N–H and O–H groups in total. The smallest absolute Gasteiger partial charge is 0.236 e. The first-order valence-electron chi connectivity index (χ1n) is 10.0. The van der Waals surface area contributed by atoms with Gasteiger partial charge < -0.3 is 14.1 Å². The fraction of sp³-hybridized carbons (Fsp3) is 0.391. The molecule has 0 spiro atoms. The lowest BCUT2D eigenvalue weighted by atomic mass is 9.90. The lowest BCUT2D eigenvalue weighted by Gasteiger charge is -2.32. The van der Waals surface area contributed by atoms with Crippen LogP contribution in [0.1, 0.15) is 29.9 Å². The Morgan fingerprint density at radius 1 is 1.24 bits per heavy atom. The quantitative estimate of drug-likeness (QED) is 0.589. The van der Waals surface area contributed by atoms with Crippen molar-refractivity contribution < 1.29 is 13.9 Å². The van der Waals surface area contributed by atoms with Crippen LogP contribution in [0.2, 0.25) is 0 Å². The number of methoxy groups -OCH3 is 1. The monoisotopic (exact) mass is 410 g/mol. The molecule has 1 saturated heterocycles. The Labute approximate surface area is 175 Å². The van der Waals surface area contributed by atoms with Crippen LogP contribution in [0.25, 0.3) is 10.8 Å². The SMILES string of the molecule is COc1ccc(CC2CCN(C(=O)Cc3nc(-c4cccs4)oc3C)CC2)cc1. The molecule has 0 bridgehead atoms. The first kappa shape index (κ1) is 19.7. The first-order valence-corrected chi connectivity index (χ1v) is 10.9. The number of hydrogen-bond acceptors (Lipinski definition) is 5. The van der Waals surface area contributed by atoms with E-state index >= 15 is 0 Å². The molecule has 0 aliphatic carbocycles. The number of hydrogen-bond donors (Lipinski definition) is 0. The Kier molecular flexibility index (Phi) is 6.00. The molecule has 0 atom stereocenters. The van der Waals surface area contributed by atoms with Crippen LogP contribution in [-0.4, -0.2) is 36.0 Å². The van der Waals surface area contributed by atoms with Crippen molar-refractivity contribution in [2.24, 2.45) is 5.92 Å². The molecule has 4 rings (SSSR count). The Morgan fingerprint density at radius 2 is 2.00 bits per heavy atom. The molecule has 29 heavy (non-hydrogen) atoms. The molecule has 0 unspecified atom stereocenters. The Morgan fingerprint density at radius 3 is 2.66 bits per heavy atom. The average molecular weight is 411 g/mol. The molecule has 1 fully saturated rings. The van der Waals surface area contributed by atoms with E-state index in [9.17, 15) is 4.79 Å². The second-order valence-corrected chi connectivity index (χ2v) is 8.50. The lowest BCUT2D eigenvalue weighted by molar-refractivity contribution is -0.131. The predicted molar refractivity (Wildman–Crippen MR) is 114 cm³/mol. The van der Waals surface area contributed by atoms with Gasteiger partial charge in [-0.2, -0.15) is 0 Å². The second-order valence-electron chi connectivity index (χ2n) is 7.55. The van der Waals surface area contributed by atoms with E-state index < -0.39 is 0 Å². The van der Waals surface area contributed by atoms with Gasteiger partial charge in [0.05, 0.1) is 24.1 Å². The summed E-state index contributed by atoms with van der Waals surface area (Å²) in [5, 5.41) is 2.00. The van der Waals surface area contributed by atoms with Gasteiger partial charge in [-0.1, -0.05) is 18.2 Å². The van der Waals surface area contributed by atoms with Gasteiger partial charge in [0, 0.05) is 13.1 Å². The molecular weight excluding hydrogens is 384 g/mol. The van der Waals surface area contributed by atoms with Crippen LogP contribution < -0.4 is 4.74 Å². The maximum Gasteiger partial charge on any atom is 0.236 e. The van der Waals surface area contributed by atoms with Gasteiger partial charge in [0.25, 0.3) is 0 Å². The van der Waals surface area contributed by atoms with Crippen molar-refractivity contribution in [3.8, 4) is 16.5 Å². The maximum atomic E-state index is 12.8. The molecule has 1 amide bonds. The number of thiophene rings is 1. The van der Waals surface area contributed by atoms with E-state index in [1.54, 1.807) is 18.4 Å². The van der Waals surface area contributed by atoms with Crippen molar-refractivity contribution in [3.05, 3.63) is 58.8 Å². The fourth-order valence-corrected chi connectivity index (χ4v) is 4.48. The molecule has 1 aliphatic rings. The van der Waals surface area contributed by atoms with E-state index in [0.717, 1.165) is 54.4 Å². The van der Waals surface area contributed by atoms with Crippen LogP contribution in [0.3, 0.4) is 0 Å². The summed E-state index contributed by atoms with van der Waals surface area (Å²) in [5.41, 5.74) is 2.08. The highest BCUT2D eigenvalue weighted by atomic mass is 32.1. The average Bonchev–Trinajstić information content (AvgIpc) is 3.39. The van der Waals surface area contributed by atoms with Gasteiger partial charge in [-0.25, -0.2) is 4.98 Å². The molecule has 6 heteroatoms. The zero-order valence-electron chi connectivity index (χ0n) is 16.9. The molecule has 2 aromatic heterocycles. The highest BCUT2D eigenvalue weighted by Crippen LogP contribution is 2.27. The van der Waals surface area contributed by atoms with Crippen LogP contribution in [0, 0.1) is 12.8 Å². The summed E-state index contributed by atoms with van der Waals surface area (Å²) in [5.74, 6) is 2.99. The number of nitrogens with zero attached hydrogens (tertiary/aromatic N) is 2. The normalized spacial score (nSPS) is 14.9. The molecule has 1 aromatic carbocycles. The zero-order valence-corrected chi connectivity index (χ0v) is 17.7. The van der Waals surface area contributed by atoms with Crippen molar-refractivity contribution >= 4 is 17.2 Å². The van der Waals surface area contributed by atoms with E-state index in [0.29, 0.717) is 18.2 Å². The number of rotatable bonds is 6. The van der Waals surface area contributed by atoms with E-state index in [2.05, 4.69) is 17.1 Å². The number of ether oxygens (including phenoxy) is 1. The van der Waals surface area contributed by atoms with Crippen LogP contribution in [-0.2, 0) is 17.6 Å². The molecule has 3 heterocycles. The molecule has 152 valence electrons. The van der Waals surface area contributed by atoms with Crippen molar-refractivity contribution in [1.82, 2.24) is 9.88 Å². The summed E-state index contributed by atoms with van der Waals surface area (Å²) < 4.78 is 11.0. The van der Waals surface area contributed by atoms with Crippen molar-refractivity contribution in [2.75, 3.05) is 20.2 Å². The number of carbonyl (C=O) groups excluding carboxylic acids is 1. The van der Waals surface area contributed by atoms with Crippen molar-refractivity contribution in [1.29, 1.82) is 0 Å². The van der Waals surface area contributed by atoms with Gasteiger partial charge in [0.1, 0.15) is 11.5 Å². The third-order valence-corrected chi connectivity index (χ3v) is 6.45. The van der Waals surface area contributed by atoms with E-state index in [4.69, 9.17) is 9.15 Å². The minimum Gasteiger partial charge on any atom is -0.497 e. The number of oxazole rings is 1. The van der Waals surface area contributed by atoms with Gasteiger partial charge in [0.15, 0.2) is 0 Å². The summed E-state index contributed by atoms with van der Waals surface area (Å²) >= 11 is 1.59. The number of likely N-dealkylation sites (tertiary alicyclic amines) is 1. The van der Waals surface area contributed by atoms with Gasteiger partial charge in [-0.05, 0) is 61.2 Å². The predicted octanol–water partition coefficient (Wildman–Crippen LogP) is 4.74. The van der Waals surface area contributed by atoms with Gasteiger partial charge in [-0.3, -0.25) is 4.79 Å². The third kappa shape index (κ3) is 4.70. The lowest BCUT2D eigenvalue weighted by Crippen LogP contribution is -2.39.